The van der Waals surface area contributed by atoms with Gasteiger partial charge in [-0.25, -0.2) is 0 Å². The maximum Gasteiger partial charge on any atom is 0.177 e. The smallest absolute Gasteiger partial charge is 0.177 e. The molecule has 0 spiro atoms. The Balaban J connectivity index is 2.25. The van der Waals surface area contributed by atoms with Gasteiger partial charge < -0.3 is 15.4 Å². The molecule has 0 aromatic carbocycles. The molecule has 2 rings (SSSR count). The molecule has 0 atom stereocenters. The molecule has 106 valence electrons. The van der Waals surface area contributed by atoms with E-state index < -0.39 is 0 Å². The van der Waals surface area contributed by atoms with Gasteiger partial charge in [0.2, 0.25) is 0 Å². The number of carbonyl (C=O) groups excluding carboxylic acids is 1. The van der Waals surface area contributed by atoms with Crippen LogP contribution < -0.4 is 15.4 Å². The van der Waals surface area contributed by atoms with Gasteiger partial charge in [-0.2, -0.15) is 0 Å². The number of hydrogen-bond acceptors (Lipinski definition) is 5. The standard InChI is InChI=1S/C14H22N2O2S/c1-4-10-5-7-16(8-6-10)14-12(18-3)11(15)13(19-14)9(2)17/h10H,4-8,15H2,1-3H3. The van der Waals surface area contributed by atoms with Crippen molar-refractivity contribution in [2.45, 2.75) is 33.1 Å². The number of carbonyl (C=O) groups is 1. The van der Waals surface area contributed by atoms with Crippen molar-refractivity contribution in [1.82, 2.24) is 0 Å². The van der Waals surface area contributed by atoms with Gasteiger partial charge in [0, 0.05) is 20.0 Å². The van der Waals surface area contributed by atoms with Gasteiger partial charge in [0.05, 0.1) is 17.7 Å². The van der Waals surface area contributed by atoms with E-state index in [2.05, 4.69) is 11.8 Å². The summed E-state index contributed by atoms with van der Waals surface area (Å²) in [6.07, 6.45) is 3.65. The second kappa shape index (κ2) is 5.82. The lowest BCUT2D eigenvalue weighted by Crippen LogP contribution is -2.33. The molecular weight excluding hydrogens is 260 g/mol. The predicted molar refractivity (Wildman–Crippen MR) is 80.5 cm³/mol. The van der Waals surface area contributed by atoms with E-state index >= 15 is 0 Å². The van der Waals surface area contributed by atoms with Crippen LogP contribution in [0.3, 0.4) is 0 Å². The third-order valence-electron chi connectivity index (χ3n) is 3.89. The lowest BCUT2D eigenvalue weighted by atomic mass is 9.94. The number of thiophene rings is 1. The molecule has 2 heterocycles. The normalized spacial score (nSPS) is 16.7. The fraction of sp³-hybridized carbons (Fsp3) is 0.643. The highest BCUT2D eigenvalue weighted by atomic mass is 32.1. The number of ether oxygens (including phenoxy) is 1. The Morgan fingerprint density at radius 3 is 2.58 bits per heavy atom. The van der Waals surface area contributed by atoms with Gasteiger partial charge >= 0.3 is 0 Å². The number of methoxy groups -OCH3 is 1. The molecule has 0 unspecified atom stereocenters. The zero-order chi connectivity index (χ0) is 14.0. The van der Waals surface area contributed by atoms with Gasteiger partial charge in [0.1, 0.15) is 5.00 Å². The second-order valence-corrected chi connectivity index (χ2v) is 6.08. The van der Waals surface area contributed by atoms with Crippen LogP contribution in [0.1, 0.15) is 42.8 Å². The Kier molecular flexibility index (Phi) is 4.34. The molecule has 0 radical (unpaired) electrons. The predicted octanol–water partition coefficient (Wildman–Crippen LogP) is 3.17. The Morgan fingerprint density at radius 2 is 2.11 bits per heavy atom. The molecule has 0 aliphatic carbocycles. The van der Waals surface area contributed by atoms with Gasteiger partial charge in [-0.05, 0) is 18.8 Å². The Hall–Kier alpha value is -1.23. The molecule has 19 heavy (non-hydrogen) atoms. The second-order valence-electron chi connectivity index (χ2n) is 5.08. The maximum atomic E-state index is 11.6. The van der Waals surface area contributed by atoms with Crippen LogP contribution in [0.5, 0.6) is 5.75 Å². The first-order valence-electron chi connectivity index (χ1n) is 6.80. The molecule has 5 heteroatoms. The Morgan fingerprint density at radius 1 is 1.47 bits per heavy atom. The lowest BCUT2D eigenvalue weighted by Gasteiger charge is -2.32. The number of nitrogens with zero attached hydrogens (tertiary/aromatic N) is 1. The van der Waals surface area contributed by atoms with Crippen molar-refractivity contribution >= 4 is 27.8 Å². The zero-order valence-corrected chi connectivity index (χ0v) is 12.7. The minimum atomic E-state index is 0.00972. The van der Waals surface area contributed by atoms with Crippen LogP contribution in [0.25, 0.3) is 0 Å². The molecule has 1 aliphatic heterocycles. The molecule has 1 aromatic heterocycles. The molecule has 1 fully saturated rings. The van der Waals surface area contributed by atoms with Crippen molar-refractivity contribution in [3.63, 3.8) is 0 Å². The topological polar surface area (TPSA) is 55.6 Å². The van der Waals surface area contributed by atoms with E-state index in [0.29, 0.717) is 16.3 Å². The highest BCUT2D eigenvalue weighted by molar-refractivity contribution is 7.19. The molecular formula is C14H22N2O2S. The van der Waals surface area contributed by atoms with Crippen molar-refractivity contribution in [3.8, 4) is 5.75 Å². The first-order chi connectivity index (χ1) is 9.08. The average Bonchev–Trinajstić information content (AvgIpc) is 2.76. The summed E-state index contributed by atoms with van der Waals surface area (Å²) in [4.78, 5) is 14.5. The number of nitrogens with two attached hydrogens (primary N) is 1. The number of nitrogen functional groups attached to an aromatic ring is 1. The zero-order valence-electron chi connectivity index (χ0n) is 11.9. The van der Waals surface area contributed by atoms with Crippen LogP contribution in [0.15, 0.2) is 0 Å². The summed E-state index contributed by atoms with van der Waals surface area (Å²) in [5, 5.41) is 1.01. The fourth-order valence-corrected chi connectivity index (χ4v) is 3.76. The molecule has 1 saturated heterocycles. The summed E-state index contributed by atoms with van der Waals surface area (Å²) in [5.74, 6) is 1.51. The lowest BCUT2D eigenvalue weighted by molar-refractivity contribution is 0.102. The van der Waals surface area contributed by atoms with Crippen LogP contribution in [0, 0.1) is 5.92 Å². The number of rotatable bonds is 4. The summed E-state index contributed by atoms with van der Waals surface area (Å²) in [5.41, 5.74) is 6.51. The van der Waals surface area contributed by atoms with E-state index in [0.717, 1.165) is 24.0 Å². The van der Waals surface area contributed by atoms with E-state index in [1.807, 2.05) is 0 Å². The first kappa shape index (κ1) is 14.2. The minimum absolute atomic E-state index is 0.00972. The van der Waals surface area contributed by atoms with Crippen LogP contribution in [0.2, 0.25) is 0 Å². The number of anilines is 2. The Labute approximate surface area is 118 Å². The third-order valence-corrected chi connectivity index (χ3v) is 5.23. The summed E-state index contributed by atoms with van der Waals surface area (Å²) < 4.78 is 5.40. The summed E-state index contributed by atoms with van der Waals surface area (Å²) in [7, 11) is 1.62. The summed E-state index contributed by atoms with van der Waals surface area (Å²) in [6.45, 7) is 5.84. The van der Waals surface area contributed by atoms with Gasteiger partial charge in [-0.1, -0.05) is 13.3 Å². The van der Waals surface area contributed by atoms with Gasteiger partial charge in [-0.3, -0.25) is 4.79 Å². The molecule has 2 N–H and O–H groups in total. The maximum absolute atomic E-state index is 11.6. The molecule has 1 aromatic rings. The first-order valence-corrected chi connectivity index (χ1v) is 7.62. The van der Waals surface area contributed by atoms with E-state index in [1.54, 1.807) is 14.0 Å². The quantitative estimate of drug-likeness (QED) is 0.862. The van der Waals surface area contributed by atoms with Crippen molar-refractivity contribution in [2.24, 2.45) is 5.92 Å². The van der Waals surface area contributed by atoms with E-state index in [9.17, 15) is 4.79 Å². The number of hydrogen-bond donors (Lipinski definition) is 1. The largest absolute Gasteiger partial charge is 0.492 e. The van der Waals surface area contributed by atoms with Gasteiger partial charge in [0.25, 0.3) is 0 Å². The van der Waals surface area contributed by atoms with Crippen molar-refractivity contribution in [1.29, 1.82) is 0 Å². The van der Waals surface area contributed by atoms with Gasteiger partial charge in [0.15, 0.2) is 11.5 Å². The van der Waals surface area contributed by atoms with Crippen molar-refractivity contribution < 1.29 is 9.53 Å². The van der Waals surface area contributed by atoms with Crippen molar-refractivity contribution in [3.05, 3.63) is 4.88 Å². The average molecular weight is 282 g/mol. The molecule has 1 aliphatic rings. The summed E-state index contributed by atoms with van der Waals surface area (Å²) in [6, 6.07) is 0. The molecule has 0 bridgehead atoms. The van der Waals surface area contributed by atoms with E-state index in [1.165, 1.54) is 30.6 Å². The van der Waals surface area contributed by atoms with Gasteiger partial charge in [-0.15, -0.1) is 11.3 Å². The van der Waals surface area contributed by atoms with Crippen molar-refractivity contribution in [2.75, 3.05) is 30.8 Å². The minimum Gasteiger partial charge on any atom is -0.492 e. The Bertz CT molecular complexity index is 462. The van der Waals surface area contributed by atoms with Crippen LogP contribution in [-0.2, 0) is 0 Å². The van der Waals surface area contributed by atoms with Crippen LogP contribution in [0.4, 0.5) is 10.7 Å². The fourth-order valence-electron chi connectivity index (χ4n) is 2.63. The SMILES string of the molecule is CCC1CCN(c2sc(C(C)=O)c(N)c2OC)CC1. The molecule has 4 nitrogen and oxygen atoms in total. The van der Waals surface area contributed by atoms with Crippen LogP contribution >= 0.6 is 11.3 Å². The molecule has 0 saturated carbocycles. The molecule has 0 amide bonds. The number of Topliss-reactive ketones (excluding diaryl/α,β-unsaturated/α-hetero) is 1. The highest BCUT2D eigenvalue weighted by Crippen LogP contribution is 2.45. The summed E-state index contributed by atoms with van der Waals surface area (Å²) >= 11 is 1.46. The van der Waals surface area contributed by atoms with E-state index in [4.69, 9.17) is 10.5 Å². The highest BCUT2D eigenvalue weighted by Gasteiger charge is 2.26. The number of ketones is 1. The monoisotopic (exact) mass is 282 g/mol. The third kappa shape index (κ3) is 2.71. The van der Waals surface area contributed by atoms with Crippen LogP contribution in [-0.4, -0.2) is 26.0 Å². The number of piperidine rings is 1. The van der Waals surface area contributed by atoms with E-state index in [-0.39, 0.29) is 5.78 Å².